The van der Waals surface area contributed by atoms with Crippen LogP contribution < -0.4 is 14.8 Å². The van der Waals surface area contributed by atoms with Crippen LogP contribution in [-0.4, -0.2) is 30.7 Å². The first kappa shape index (κ1) is 35.9. The minimum Gasteiger partial charge on any atom is -0.494 e. The van der Waals surface area contributed by atoms with Crippen LogP contribution in [0.1, 0.15) is 103 Å². The molecule has 6 heteroatoms. The Balaban J connectivity index is 0.00000220. The van der Waals surface area contributed by atoms with Gasteiger partial charge in [-0.2, -0.15) is 0 Å². The molecule has 0 atom stereocenters. The third kappa shape index (κ3) is 18.7. The van der Waals surface area contributed by atoms with Crippen LogP contribution in [0.3, 0.4) is 0 Å². The minimum absolute atomic E-state index is 0.132. The fraction of sp³-hybridized carbons (Fsp3) is 0.515. The third-order valence-electron chi connectivity index (χ3n) is 5.05. The second kappa shape index (κ2) is 21.8. The van der Waals surface area contributed by atoms with E-state index < -0.39 is 11.6 Å². The van der Waals surface area contributed by atoms with E-state index >= 15 is 0 Å². The number of esters is 2. The predicted molar refractivity (Wildman–Crippen MR) is 161 cm³/mol. The topological polar surface area (TPSA) is 73.9 Å². The molecule has 0 fully saturated rings. The molecule has 0 bridgehead atoms. The van der Waals surface area contributed by atoms with Crippen LogP contribution in [0.25, 0.3) is 0 Å². The summed E-state index contributed by atoms with van der Waals surface area (Å²) < 4.78 is 16.4. The molecule has 218 valence electrons. The summed E-state index contributed by atoms with van der Waals surface area (Å²) >= 11 is 0. The lowest BCUT2D eigenvalue weighted by molar-refractivity contribution is -0.153. The van der Waals surface area contributed by atoms with E-state index in [0.717, 1.165) is 24.2 Å². The van der Waals surface area contributed by atoms with Crippen molar-refractivity contribution in [2.75, 3.05) is 13.2 Å². The molecule has 2 aromatic rings. The highest BCUT2D eigenvalue weighted by Gasteiger charge is 2.15. The lowest BCUT2D eigenvalue weighted by Gasteiger charge is -2.19. The zero-order valence-electron chi connectivity index (χ0n) is 25.3. The summed E-state index contributed by atoms with van der Waals surface area (Å²) in [6.45, 7) is 18.6. The van der Waals surface area contributed by atoms with Crippen LogP contribution in [0.15, 0.2) is 61.2 Å². The van der Waals surface area contributed by atoms with Crippen LogP contribution in [0.2, 0.25) is 0 Å². The van der Waals surface area contributed by atoms with Crippen LogP contribution in [-0.2, 0) is 16.1 Å². The summed E-state index contributed by atoms with van der Waals surface area (Å²) in [7, 11) is 0. The SMILES string of the molecule is C=CCC.CC.CCCCCCCOc1ccc(C(=O)Oc2ccc(CNCC(=O)OC(C)(C)C)cc2)cc1. The molecule has 0 spiro atoms. The first-order valence-corrected chi connectivity index (χ1v) is 14.3. The number of rotatable bonds is 14. The van der Waals surface area contributed by atoms with E-state index in [0.29, 0.717) is 24.5 Å². The lowest BCUT2D eigenvalue weighted by Crippen LogP contribution is -2.31. The van der Waals surface area contributed by atoms with Crippen molar-refractivity contribution in [1.29, 1.82) is 0 Å². The smallest absolute Gasteiger partial charge is 0.343 e. The number of nitrogens with one attached hydrogen (secondary N) is 1. The van der Waals surface area contributed by atoms with Crippen molar-refractivity contribution in [3.63, 3.8) is 0 Å². The molecule has 0 unspecified atom stereocenters. The standard InChI is InChI=1S/C27H37NO5.C4H8.C2H6/c1-5-6-7-8-9-18-31-23-16-12-22(13-17-23)26(30)32-24-14-10-21(11-15-24)19-28-20-25(29)33-27(2,3)4;1-3-4-2;1-2/h10-17,28H,5-9,18-20H2,1-4H3;3H,1,4H2,2H3;1-2H3. The first-order valence-electron chi connectivity index (χ1n) is 14.3. The van der Waals surface area contributed by atoms with Crippen molar-refractivity contribution in [1.82, 2.24) is 5.32 Å². The Labute approximate surface area is 237 Å². The molecule has 6 nitrogen and oxygen atoms in total. The summed E-state index contributed by atoms with van der Waals surface area (Å²) in [4.78, 5) is 24.1. The maximum atomic E-state index is 12.4. The van der Waals surface area contributed by atoms with Crippen molar-refractivity contribution < 1.29 is 23.8 Å². The molecule has 0 saturated carbocycles. The number of unbranched alkanes of at least 4 members (excludes halogenated alkanes) is 4. The number of carbonyl (C=O) groups is 2. The molecule has 39 heavy (non-hydrogen) atoms. The van der Waals surface area contributed by atoms with E-state index in [1.165, 1.54) is 25.7 Å². The Morgan fingerprint density at radius 2 is 1.44 bits per heavy atom. The predicted octanol–water partition coefficient (Wildman–Crippen LogP) is 8.29. The fourth-order valence-electron chi connectivity index (χ4n) is 3.11. The monoisotopic (exact) mass is 541 g/mol. The number of carbonyl (C=O) groups excluding carboxylic acids is 2. The van der Waals surface area contributed by atoms with Gasteiger partial charge in [0, 0.05) is 6.54 Å². The maximum absolute atomic E-state index is 12.4. The molecule has 0 heterocycles. The maximum Gasteiger partial charge on any atom is 0.343 e. The third-order valence-corrected chi connectivity index (χ3v) is 5.05. The van der Waals surface area contributed by atoms with Gasteiger partial charge in [-0.25, -0.2) is 4.79 Å². The van der Waals surface area contributed by atoms with Gasteiger partial charge in [0.2, 0.25) is 0 Å². The van der Waals surface area contributed by atoms with Gasteiger partial charge in [0.05, 0.1) is 18.7 Å². The quantitative estimate of drug-likeness (QED) is 0.112. The van der Waals surface area contributed by atoms with Crippen LogP contribution in [0.4, 0.5) is 0 Å². The molecule has 0 amide bonds. The normalized spacial score (nSPS) is 10.2. The molecule has 1 N–H and O–H groups in total. The Morgan fingerprint density at radius 3 is 1.97 bits per heavy atom. The molecular weight excluding hydrogens is 490 g/mol. The number of hydrogen-bond donors (Lipinski definition) is 1. The first-order chi connectivity index (χ1) is 18.7. The van der Waals surface area contributed by atoms with Crippen molar-refractivity contribution in [2.45, 2.75) is 99.1 Å². The highest BCUT2D eigenvalue weighted by molar-refractivity contribution is 5.91. The lowest BCUT2D eigenvalue weighted by atomic mass is 10.2. The van der Waals surface area contributed by atoms with Gasteiger partial charge in [-0.05, 0) is 75.6 Å². The largest absolute Gasteiger partial charge is 0.494 e. The van der Waals surface area contributed by atoms with Gasteiger partial charge in [-0.3, -0.25) is 4.79 Å². The van der Waals surface area contributed by atoms with Gasteiger partial charge in [0.25, 0.3) is 0 Å². The second-order valence-corrected chi connectivity index (χ2v) is 9.71. The van der Waals surface area contributed by atoms with Crippen molar-refractivity contribution in [2.24, 2.45) is 0 Å². The number of hydrogen-bond acceptors (Lipinski definition) is 6. The van der Waals surface area contributed by atoms with Gasteiger partial charge in [-0.15, -0.1) is 6.58 Å². The average Bonchev–Trinajstić information content (AvgIpc) is 2.92. The van der Waals surface area contributed by atoms with E-state index in [9.17, 15) is 9.59 Å². The molecule has 0 aliphatic carbocycles. The van der Waals surface area contributed by atoms with Crippen LogP contribution >= 0.6 is 0 Å². The Morgan fingerprint density at radius 1 is 0.872 bits per heavy atom. The number of benzene rings is 2. The molecule has 0 aromatic heterocycles. The Bertz CT molecular complexity index is 915. The van der Waals surface area contributed by atoms with E-state index in [1.54, 1.807) is 36.4 Å². The molecule has 2 aromatic carbocycles. The van der Waals surface area contributed by atoms with Crippen molar-refractivity contribution in [3.05, 3.63) is 72.3 Å². The zero-order chi connectivity index (χ0) is 29.5. The summed E-state index contributed by atoms with van der Waals surface area (Å²) in [5.74, 6) is 0.502. The summed E-state index contributed by atoms with van der Waals surface area (Å²) in [6.07, 6.45) is 8.92. The molecule has 0 saturated heterocycles. The highest BCUT2D eigenvalue weighted by Crippen LogP contribution is 2.17. The van der Waals surface area contributed by atoms with Crippen LogP contribution in [0.5, 0.6) is 11.5 Å². The second-order valence-electron chi connectivity index (χ2n) is 9.71. The van der Waals surface area contributed by atoms with Gasteiger partial charge in [0.1, 0.15) is 17.1 Å². The van der Waals surface area contributed by atoms with Gasteiger partial charge >= 0.3 is 11.9 Å². The highest BCUT2D eigenvalue weighted by atomic mass is 16.6. The number of allylic oxidation sites excluding steroid dienone is 1. The fourth-order valence-corrected chi connectivity index (χ4v) is 3.11. The van der Waals surface area contributed by atoms with Crippen molar-refractivity contribution >= 4 is 11.9 Å². The molecule has 0 aliphatic heterocycles. The Kier molecular flexibility index (Phi) is 20.0. The summed E-state index contributed by atoms with van der Waals surface area (Å²) in [5, 5.41) is 3.05. The van der Waals surface area contributed by atoms with E-state index in [-0.39, 0.29) is 12.5 Å². The van der Waals surface area contributed by atoms with Gasteiger partial charge < -0.3 is 19.5 Å². The van der Waals surface area contributed by atoms with Crippen LogP contribution in [0, 0.1) is 0 Å². The van der Waals surface area contributed by atoms with Crippen molar-refractivity contribution in [3.8, 4) is 11.5 Å². The minimum atomic E-state index is -0.495. The van der Waals surface area contributed by atoms with E-state index in [2.05, 4.69) is 25.7 Å². The molecule has 0 aliphatic rings. The molecule has 2 rings (SSSR count). The number of ether oxygens (including phenoxy) is 3. The van der Waals surface area contributed by atoms with E-state index in [1.807, 2.05) is 52.8 Å². The summed E-state index contributed by atoms with van der Waals surface area (Å²) in [6, 6.07) is 14.2. The van der Waals surface area contributed by atoms with E-state index in [4.69, 9.17) is 14.2 Å². The zero-order valence-corrected chi connectivity index (χ0v) is 25.3. The average molecular weight is 542 g/mol. The summed E-state index contributed by atoms with van der Waals surface area (Å²) in [5.41, 5.74) is 0.939. The molecule has 0 radical (unpaired) electrons. The van der Waals surface area contributed by atoms with Gasteiger partial charge in [0.15, 0.2) is 0 Å². The Hall–Kier alpha value is -3.12. The van der Waals surface area contributed by atoms with Gasteiger partial charge in [-0.1, -0.05) is 71.6 Å². The molecular formula is C33H51NO5.